The molecule has 30 heavy (non-hydrogen) atoms. The molecule has 2 fully saturated rings. The van der Waals surface area contributed by atoms with Crippen LogP contribution in [0.4, 0.5) is 5.95 Å². The number of likely N-dealkylation sites (N-methyl/N-ethyl adjacent to an activating group) is 1. The SMILES string of the molecule is CN1CCC(n2ncc3c(-c4cccc5c4C=CC5)nc(N4CCOCC4)nc32)C1. The summed E-state index contributed by atoms with van der Waals surface area (Å²) in [6, 6.07) is 6.88. The summed E-state index contributed by atoms with van der Waals surface area (Å²) >= 11 is 0. The van der Waals surface area contributed by atoms with E-state index in [1.54, 1.807) is 0 Å². The Morgan fingerprint density at radius 2 is 2.00 bits per heavy atom. The molecule has 0 amide bonds. The molecule has 1 unspecified atom stereocenters. The van der Waals surface area contributed by atoms with Crippen LogP contribution in [0.25, 0.3) is 28.4 Å². The van der Waals surface area contributed by atoms with Gasteiger partial charge in [-0.2, -0.15) is 10.1 Å². The quantitative estimate of drug-likeness (QED) is 0.672. The summed E-state index contributed by atoms with van der Waals surface area (Å²) in [5, 5.41) is 5.84. The molecule has 0 N–H and O–H groups in total. The van der Waals surface area contributed by atoms with Crippen molar-refractivity contribution in [2.24, 2.45) is 0 Å². The van der Waals surface area contributed by atoms with Gasteiger partial charge in [0.2, 0.25) is 5.95 Å². The third-order valence-corrected chi connectivity index (χ3v) is 6.52. The molecule has 3 aliphatic rings. The minimum absolute atomic E-state index is 0.356. The molecule has 4 heterocycles. The van der Waals surface area contributed by atoms with E-state index in [2.05, 4.69) is 51.9 Å². The summed E-state index contributed by atoms with van der Waals surface area (Å²) in [5.41, 5.74) is 5.74. The van der Waals surface area contributed by atoms with Gasteiger partial charge in [0.15, 0.2) is 5.65 Å². The number of hydrogen-bond donors (Lipinski definition) is 0. The van der Waals surface area contributed by atoms with Crippen LogP contribution >= 0.6 is 0 Å². The number of aromatic nitrogens is 4. The van der Waals surface area contributed by atoms with Crippen LogP contribution in [0.3, 0.4) is 0 Å². The molecule has 0 saturated carbocycles. The highest BCUT2D eigenvalue weighted by Crippen LogP contribution is 2.36. The fraction of sp³-hybridized carbons (Fsp3) is 0.435. The van der Waals surface area contributed by atoms with Gasteiger partial charge in [-0.1, -0.05) is 30.4 Å². The maximum absolute atomic E-state index is 5.56. The molecule has 2 aromatic heterocycles. The van der Waals surface area contributed by atoms with Crippen molar-refractivity contribution < 1.29 is 4.74 Å². The van der Waals surface area contributed by atoms with Crippen LogP contribution in [0.1, 0.15) is 23.6 Å². The fourth-order valence-electron chi connectivity index (χ4n) is 4.90. The molecule has 1 aromatic carbocycles. The highest BCUT2D eigenvalue weighted by Gasteiger charge is 2.27. The lowest BCUT2D eigenvalue weighted by Gasteiger charge is -2.27. The molecule has 3 aromatic rings. The van der Waals surface area contributed by atoms with Gasteiger partial charge in [-0.15, -0.1) is 0 Å². The van der Waals surface area contributed by atoms with E-state index in [1.165, 1.54) is 16.7 Å². The second-order valence-electron chi connectivity index (χ2n) is 8.49. The number of allylic oxidation sites excluding steroid dienone is 1. The van der Waals surface area contributed by atoms with Gasteiger partial charge in [-0.3, -0.25) is 0 Å². The molecule has 6 rings (SSSR count). The van der Waals surface area contributed by atoms with E-state index >= 15 is 0 Å². The summed E-state index contributed by atoms with van der Waals surface area (Å²) in [5.74, 6) is 0.786. The van der Waals surface area contributed by atoms with Gasteiger partial charge in [0, 0.05) is 31.7 Å². The largest absolute Gasteiger partial charge is 0.378 e. The first-order chi connectivity index (χ1) is 14.8. The van der Waals surface area contributed by atoms with Crippen molar-refractivity contribution >= 4 is 23.1 Å². The van der Waals surface area contributed by atoms with E-state index in [0.29, 0.717) is 19.3 Å². The number of fused-ring (bicyclic) bond motifs is 2. The van der Waals surface area contributed by atoms with Crippen molar-refractivity contribution in [3.63, 3.8) is 0 Å². The second-order valence-corrected chi connectivity index (χ2v) is 8.49. The molecular weight excluding hydrogens is 376 g/mol. The normalized spacial score (nSPS) is 21.6. The number of nitrogens with zero attached hydrogens (tertiary/aromatic N) is 6. The number of anilines is 1. The van der Waals surface area contributed by atoms with Crippen molar-refractivity contribution in [3.8, 4) is 11.3 Å². The first-order valence-corrected chi connectivity index (χ1v) is 10.8. The smallest absolute Gasteiger partial charge is 0.228 e. The van der Waals surface area contributed by atoms with Gasteiger partial charge in [-0.25, -0.2) is 9.67 Å². The van der Waals surface area contributed by atoms with Crippen molar-refractivity contribution in [3.05, 3.63) is 41.6 Å². The minimum Gasteiger partial charge on any atom is -0.378 e. The third-order valence-electron chi connectivity index (χ3n) is 6.52. The predicted molar refractivity (Wildman–Crippen MR) is 118 cm³/mol. The highest BCUT2D eigenvalue weighted by molar-refractivity contribution is 5.94. The van der Waals surface area contributed by atoms with Crippen molar-refractivity contribution in [1.82, 2.24) is 24.6 Å². The lowest BCUT2D eigenvalue weighted by Crippen LogP contribution is -2.37. The molecule has 0 spiro atoms. The van der Waals surface area contributed by atoms with Crippen LogP contribution in [0, 0.1) is 0 Å². The van der Waals surface area contributed by atoms with Crippen LogP contribution in [0.5, 0.6) is 0 Å². The van der Waals surface area contributed by atoms with Gasteiger partial charge < -0.3 is 14.5 Å². The molecule has 1 atom stereocenters. The Bertz CT molecular complexity index is 1130. The Hall–Kier alpha value is -2.77. The van der Waals surface area contributed by atoms with Crippen LogP contribution in [-0.2, 0) is 11.2 Å². The van der Waals surface area contributed by atoms with Crippen molar-refractivity contribution in [1.29, 1.82) is 0 Å². The van der Waals surface area contributed by atoms with E-state index in [4.69, 9.17) is 19.8 Å². The molecule has 7 heteroatoms. The molecular formula is C23H26N6O. The Balaban J connectivity index is 1.55. The number of hydrogen-bond acceptors (Lipinski definition) is 6. The van der Waals surface area contributed by atoms with Crippen molar-refractivity contribution in [2.45, 2.75) is 18.9 Å². The number of rotatable bonds is 3. The van der Waals surface area contributed by atoms with Crippen molar-refractivity contribution in [2.75, 3.05) is 51.3 Å². The lowest BCUT2D eigenvalue weighted by molar-refractivity contribution is 0.122. The monoisotopic (exact) mass is 402 g/mol. The summed E-state index contributed by atoms with van der Waals surface area (Å²) in [7, 11) is 2.17. The van der Waals surface area contributed by atoms with E-state index in [0.717, 1.165) is 61.7 Å². The summed E-state index contributed by atoms with van der Waals surface area (Å²) < 4.78 is 7.69. The van der Waals surface area contributed by atoms with Gasteiger partial charge in [0.05, 0.1) is 36.5 Å². The maximum Gasteiger partial charge on any atom is 0.228 e. The van der Waals surface area contributed by atoms with Crippen LogP contribution in [-0.4, -0.2) is 71.1 Å². The topological polar surface area (TPSA) is 59.3 Å². The maximum atomic E-state index is 5.56. The number of benzene rings is 1. The van der Waals surface area contributed by atoms with Gasteiger partial charge >= 0.3 is 0 Å². The number of likely N-dealkylation sites (tertiary alicyclic amines) is 1. The van der Waals surface area contributed by atoms with Crippen LogP contribution < -0.4 is 4.90 Å². The average molecular weight is 403 g/mol. The molecule has 0 bridgehead atoms. The van der Waals surface area contributed by atoms with E-state index < -0.39 is 0 Å². The Morgan fingerprint density at radius 1 is 1.10 bits per heavy atom. The Labute approximate surface area is 176 Å². The zero-order valence-corrected chi connectivity index (χ0v) is 17.3. The molecule has 0 radical (unpaired) electrons. The summed E-state index contributed by atoms with van der Waals surface area (Å²) in [4.78, 5) is 14.7. The van der Waals surface area contributed by atoms with E-state index in [-0.39, 0.29) is 0 Å². The molecule has 2 aliphatic heterocycles. The molecule has 7 nitrogen and oxygen atoms in total. The number of morpholine rings is 1. The van der Waals surface area contributed by atoms with E-state index in [1.807, 2.05) is 6.20 Å². The van der Waals surface area contributed by atoms with Crippen LogP contribution in [0.2, 0.25) is 0 Å². The van der Waals surface area contributed by atoms with Crippen LogP contribution in [0.15, 0.2) is 30.5 Å². The lowest BCUT2D eigenvalue weighted by atomic mass is 9.99. The minimum atomic E-state index is 0.356. The third kappa shape index (κ3) is 2.92. The summed E-state index contributed by atoms with van der Waals surface area (Å²) in [6.07, 6.45) is 8.51. The van der Waals surface area contributed by atoms with Gasteiger partial charge in [-0.05, 0) is 31.0 Å². The fourth-order valence-corrected chi connectivity index (χ4v) is 4.90. The van der Waals surface area contributed by atoms with Gasteiger partial charge in [0.1, 0.15) is 0 Å². The number of ether oxygens (including phenoxy) is 1. The molecule has 2 saturated heterocycles. The zero-order chi connectivity index (χ0) is 20.1. The second kappa shape index (κ2) is 7.18. The summed E-state index contributed by atoms with van der Waals surface area (Å²) in [6.45, 7) is 5.17. The first kappa shape index (κ1) is 18.0. The molecule has 154 valence electrons. The Kier molecular flexibility index (Phi) is 4.32. The zero-order valence-electron chi connectivity index (χ0n) is 17.3. The highest BCUT2D eigenvalue weighted by atomic mass is 16.5. The molecule has 1 aliphatic carbocycles. The average Bonchev–Trinajstić information content (AvgIpc) is 3.52. The standard InChI is InChI=1S/C23H26N6O/c1-27-9-8-17(15-27)29-22-20(14-24-29)21(19-7-3-5-16-4-2-6-18(16)19)25-23(26-22)28-10-12-30-13-11-28/h2-3,5-7,14,17H,4,8-13,15H2,1H3. The predicted octanol–water partition coefficient (Wildman–Crippen LogP) is 2.78. The first-order valence-electron chi connectivity index (χ1n) is 10.8. The Morgan fingerprint density at radius 3 is 2.83 bits per heavy atom. The van der Waals surface area contributed by atoms with E-state index in [9.17, 15) is 0 Å². The van der Waals surface area contributed by atoms with Gasteiger partial charge in [0.25, 0.3) is 0 Å².